The number of hydrogen-bond donors (Lipinski definition) is 0. The molecular weight excluding hydrogens is 318 g/mol. The molecule has 2 atom stereocenters. The second-order valence-corrected chi connectivity index (χ2v) is 7.25. The first kappa shape index (κ1) is 16.5. The molecule has 0 aliphatic carbocycles. The Morgan fingerprint density at radius 2 is 2.00 bits per heavy atom. The van der Waals surface area contributed by atoms with E-state index in [0.29, 0.717) is 25.4 Å². The van der Waals surface area contributed by atoms with Gasteiger partial charge in [-0.15, -0.1) is 0 Å². The lowest BCUT2D eigenvalue weighted by molar-refractivity contribution is -0.130. The third-order valence-electron chi connectivity index (χ3n) is 5.61. The molecule has 25 heavy (non-hydrogen) atoms. The van der Waals surface area contributed by atoms with Gasteiger partial charge in [0.15, 0.2) is 0 Å². The van der Waals surface area contributed by atoms with E-state index in [-0.39, 0.29) is 17.9 Å². The average Bonchev–Trinajstić information content (AvgIpc) is 3.23. The largest absolute Gasteiger partial charge is 0.373 e. The number of likely N-dealkylation sites (tertiary alicyclic amines) is 1. The molecule has 0 bridgehead atoms. The normalized spacial score (nSPS) is 27.0. The average molecular weight is 343 g/mol. The van der Waals surface area contributed by atoms with Crippen molar-refractivity contribution in [1.29, 1.82) is 0 Å². The fourth-order valence-electron chi connectivity index (χ4n) is 4.06. The molecule has 0 radical (unpaired) electrons. The highest BCUT2D eigenvalue weighted by Gasteiger charge is 2.40. The summed E-state index contributed by atoms with van der Waals surface area (Å²) in [6, 6.07) is 8.15. The number of likely N-dealkylation sites (N-methyl/N-ethyl adjacent to an activating group) is 1. The van der Waals surface area contributed by atoms with Crippen LogP contribution in [-0.4, -0.2) is 73.6 Å². The van der Waals surface area contributed by atoms with Gasteiger partial charge in [-0.05, 0) is 31.2 Å². The van der Waals surface area contributed by atoms with Crippen molar-refractivity contribution in [3.8, 4) is 0 Å². The molecule has 3 fully saturated rings. The van der Waals surface area contributed by atoms with Crippen LogP contribution in [0.25, 0.3) is 0 Å². The highest BCUT2D eigenvalue weighted by atomic mass is 16.5. The molecule has 3 saturated heterocycles. The van der Waals surface area contributed by atoms with Crippen LogP contribution in [0.3, 0.4) is 0 Å². The van der Waals surface area contributed by atoms with Gasteiger partial charge >= 0.3 is 0 Å². The lowest BCUT2D eigenvalue weighted by atomic mass is 10.1. The zero-order chi connectivity index (χ0) is 17.4. The SMILES string of the molecule is CN1CCO[C@@H]2CN(C(=O)Cc3ccc(N4CCCC4=O)cc3)C[C@@H]21. The molecule has 6 heteroatoms. The monoisotopic (exact) mass is 343 g/mol. The van der Waals surface area contributed by atoms with Crippen molar-refractivity contribution in [1.82, 2.24) is 9.80 Å². The summed E-state index contributed by atoms with van der Waals surface area (Å²) in [4.78, 5) is 30.5. The highest BCUT2D eigenvalue weighted by Crippen LogP contribution is 2.24. The minimum absolute atomic E-state index is 0.145. The van der Waals surface area contributed by atoms with Gasteiger partial charge in [-0.25, -0.2) is 0 Å². The maximum atomic E-state index is 12.6. The van der Waals surface area contributed by atoms with Crippen LogP contribution in [0.4, 0.5) is 5.69 Å². The van der Waals surface area contributed by atoms with Gasteiger partial charge in [-0.1, -0.05) is 12.1 Å². The third-order valence-corrected chi connectivity index (χ3v) is 5.61. The Morgan fingerprint density at radius 1 is 1.20 bits per heavy atom. The molecule has 134 valence electrons. The minimum Gasteiger partial charge on any atom is -0.373 e. The van der Waals surface area contributed by atoms with Gasteiger partial charge in [0.1, 0.15) is 0 Å². The molecule has 1 aromatic rings. The minimum atomic E-state index is 0.145. The zero-order valence-corrected chi connectivity index (χ0v) is 14.7. The second kappa shape index (κ2) is 6.77. The van der Waals surface area contributed by atoms with Crippen LogP contribution in [0.15, 0.2) is 24.3 Å². The topological polar surface area (TPSA) is 53.1 Å². The number of amides is 2. The van der Waals surface area contributed by atoms with E-state index in [2.05, 4.69) is 11.9 Å². The molecule has 0 aromatic heterocycles. The van der Waals surface area contributed by atoms with E-state index >= 15 is 0 Å². The van der Waals surface area contributed by atoms with Crippen LogP contribution in [-0.2, 0) is 20.7 Å². The number of nitrogens with zero attached hydrogens (tertiary/aromatic N) is 3. The van der Waals surface area contributed by atoms with E-state index in [9.17, 15) is 9.59 Å². The van der Waals surface area contributed by atoms with Crippen molar-refractivity contribution < 1.29 is 14.3 Å². The van der Waals surface area contributed by atoms with Crippen molar-refractivity contribution >= 4 is 17.5 Å². The summed E-state index contributed by atoms with van der Waals surface area (Å²) in [6.45, 7) is 3.91. The van der Waals surface area contributed by atoms with E-state index in [1.54, 1.807) is 0 Å². The molecule has 6 nitrogen and oxygen atoms in total. The molecule has 3 aliphatic rings. The van der Waals surface area contributed by atoms with Crippen molar-refractivity contribution in [2.24, 2.45) is 0 Å². The van der Waals surface area contributed by atoms with Gasteiger partial charge in [0.2, 0.25) is 11.8 Å². The number of anilines is 1. The fraction of sp³-hybridized carbons (Fsp3) is 0.579. The van der Waals surface area contributed by atoms with Gasteiger partial charge < -0.3 is 14.5 Å². The lowest BCUT2D eigenvalue weighted by Crippen LogP contribution is -2.48. The number of carbonyl (C=O) groups excluding carboxylic acids is 2. The smallest absolute Gasteiger partial charge is 0.227 e. The Labute approximate surface area is 148 Å². The number of ether oxygens (including phenoxy) is 1. The summed E-state index contributed by atoms with van der Waals surface area (Å²) in [5, 5.41) is 0. The second-order valence-electron chi connectivity index (χ2n) is 7.25. The van der Waals surface area contributed by atoms with Gasteiger partial charge in [0, 0.05) is 38.3 Å². The fourth-order valence-corrected chi connectivity index (χ4v) is 4.06. The van der Waals surface area contributed by atoms with Crippen LogP contribution < -0.4 is 4.90 Å². The quantitative estimate of drug-likeness (QED) is 0.818. The molecule has 0 saturated carbocycles. The molecular formula is C19H25N3O3. The molecule has 0 unspecified atom stereocenters. The molecule has 3 heterocycles. The summed E-state index contributed by atoms with van der Waals surface area (Å²) >= 11 is 0. The molecule has 4 rings (SSSR count). The Hall–Kier alpha value is -1.92. The molecule has 0 N–H and O–H groups in total. The van der Waals surface area contributed by atoms with Crippen LogP contribution >= 0.6 is 0 Å². The first-order valence-electron chi connectivity index (χ1n) is 9.11. The number of fused-ring (bicyclic) bond motifs is 1. The van der Waals surface area contributed by atoms with E-state index < -0.39 is 0 Å². The van der Waals surface area contributed by atoms with Crippen molar-refractivity contribution in [3.05, 3.63) is 29.8 Å². The van der Waals surface area contributed by atoms with E-state index in [1.165, 1.54) is 0 Å². The van der Waals surface area contributed by atoms with Crippen molar-refractivity contribution in [2.45, 2.75) is 31.4 Å². The first-order chi connectivity index (χ1) is 12.1. The van der Waals surface area contributed by atoms with Crippen molar-refractivity contribution in [3.63, 3.8) is 0 Å². The standard InChI is InChI=1S/C19H25N3O3/c1-20-9-10-25-17-13-21(12-16(17)20)19(24)11-14-4-6-15(7-5-14)22-8-2-3-18(22)23/h4-7,16-17H,2-3,8-13H2,1H3/t16-,17+/m0/s1. The summed E-state index contributed by atoms with van der Waals surface area (Å²) in [5.41, 5.74) is 1.92. The molecule has 3 aliphatic heterocycles. The number of carbonyl (C=O) groups is 2. The molecule has 1 aromatic carbocycles. The van der Waals surface area contributed by atoms with E-state index in [4.69, 9.17) is 4.74 Å². The first-order valence-corrected chi connectivity index (χ1v) is 9.11. The van der Waals surface area contributed by atoms with Crippen LogP contribution in [0, 0.1) is 0 Å². The van der Waals surface area contributed by atoms with Crippen LogP contribution in [0.1, 0.15) is 18.4 Å². The number of hydrogen-bond acceptors (Lipinski definition) is 4. The zero-order valence-electron chi connectivity index (χ0n) is 14.7. The highest BCUT2D eigenvalue weighted by molar-refractivity contribution is 5.95. The van der Waals surface area contributed by atoms with Gasteiger partial charge in [-0.3, -0.25) is 14.5 Å². The summed E-state index contributed by atoms with van der Waals surface area (Å²) in [6.07, 6.45) is 2.10. The molecule has 0 spiro atoms. The summed E-state index contributed by atoms with van der Waals surface area (Å²) in [5.74, 6) is 0.337. The summed E-state index contributed by atoms with van der Waals surface area (Å²) in [7, 11) is 2.10. The van der Waals surface area contributed by atoms with Gasteiger partial charge in [0.25, 0.3) is 0 Å². The van der Waals surface area contributed by atoms with E-state index in [1.807, 2.05) is 34.1 Å². The lowest BCUT2D eigenvalue weighted by Gasteiger charge is -2.33. The maximum absolute atomic E-state index is 12.6. The van der Waals surface area contributed by atoms with Crippen LogP contribution in [0.5, 0.6) is 0 Å². The Kier molecular flexibility index (Phi) is 4.48. The van der Waals surface area contributed by atoms with E-state index in [0.717, 1.165) is 43.9 Å². The predicted octanol–water partition coefficient (Wildman–Crippen LogP) is 0.897. The third kappa shape index (κ3) is 3.28. The number of morpholine rings is 1. The Bertz CT molecular complexity index is 660. The number of rotatable bonds is 3. The Balaban J connectivity index is 1.37. The van der Waals surface area contributed by atoms with Gasteiger partial charge in [0.05, 0.1) is 25.2 Å². The van der Waals surface area contributed by atoms with Gasteiger partial charge in [-0.2, -0.15) is 0 Å². The Morgan fingerprint density at radius 3 is 2.68 bits per heavy atom. The summed E-state index contributed by atoms with van der Waals surface area (Å²) < 4.78 is 5.81. The van der Waals surface area contributed by atoms with Crippen molar-refractivity contribution in [2.75, 3.05) is 44.7 Å². The number of benzene rings is 1. The molecule has 2 amide bonds. The maximum Gasteiger partial charge on any atom is 0.227 e. The van der Waals surface area contributed by atoms with Crippen LogP contribution in [0.2, 0.25) is 0 Å². The predicted molar refractivity (Wildman–Crippen MR) is 94.5 cm³/mol.